The summed E-state index contributed by atoms with van der Waals surface area (Å²) in [5.41, 5.74) is 1.53. The molecule has 2 amide bonds. The van der Waals surface area contributed by atoms with Crippen molar-refractivity contribution in [2.24, 2.45) is 0 Å². The van der Waals surface area contributed by atoms with Crippen LogP contribution in [0.5, 0.6) is 0 Å². The van der Waals surface area contributed by atoms with Crippen molar-refractivity contribution < 1.29 is 9.59 Å². The second kappa shape index (κ2) is 7.10. The Hall–Kier alpha value is -1.92. The van der Waals surface area contributed by atoms with Gasteiger partial charge in [-0.3, -0.25) is 19.4 Å². The number of hydrogen-bond acceptors (Lipinski definition) is 4. The summed E-state index contributed by atoms with van der Waals surface area (Å²) in [7, 11) is 2.12. The molecule has 2 rings (SSSR count). The summed E-state index contributed by atoms with van der Waals surface area (Å²) >= 11 is 0. The van der Waals surface area contributed by atoms with Crippen LogP contribution in [0.2, 0.25) is 0 Å². The van der Waals surface area contributed by atoms with E-state index >= 15 is 0 Å². The van der Waals surface area contributed by atoms with Gasteiger partial charge in [-0.25, -0.2) is 0 Å². The summed E-state index contributed by atoms with van der Waals surface area (Å²) in [6.07, 6.45) is 0. The van der Waals surface area contributed by atoms with Crippen LogP contribution in [-0.4, -0.2) is 60.4 Å². The van der Waals surface area contributed by atoms with Gasteiger partial charge in [-0.05, 0) is 45.2 Å². The Kier molecular flexibility index (Phi) is 5.38. The lowest BCUT2D eigenvalue weighted by atomic mass is 10.00. The average Bonchev–Trinajstić information content (AvgIpc) is 2.44. The molecule has 1 aliphatic rings. The van der Waals surface area contributed by atoms with Crippen LogP contribution >= 0.6 is 0 Å². The molecule has 1 saturated heterocycles. The Morgan fingerprint density at radius 1 is 1.09 bits per heavy atom. The van der Waals surface area contributed by atoms with Crippen LogP contribution in [0.1, 0.15) is 20.8 Å². The fourth-order valence-electron chi connectivity index (χ4n) is 2.72. The first-order valence-electron chi connectivity index (χ1n) is 7.87. The van der Waals surface area contributed by atoms with E-state index < -0.39 is 0 Å². The molecule has 1 aromatic rings. The molecule has 0 radical (unpaired) electrons. The van der Waals surface area contributed by atoms with Gasteiger partial charge in [0.15, 0.2) is 0 Å². The number of amides is 2. The average molecular weight is 318 g/mol. The molecule has 0 spiro atoms. The number of nitrogens with zero attached hydrogens (tertiary/aromatic N) is 2. The summed E-state index contributed by atoms with van der Waals surface area (Å²) in [6.45, 7) is 8.98. The number of benzene rings is 1. The largest absolute Gasteiger partial charge is 0.326 e. The molecule has 0 atom stereocenters. The first kappa shape index (κ1) is 17.4. The standard InChI is InChI=1S/C17H26N4O2/c1-13(22)18-14-5-7-15(8-6-14)19-16(23)11-21-10-9-20(4)17(2,3)12-21/h5-8H,9-12H2,1-4H3,(H,18,22)(H,19,23). The van der Waals surface area contributed by atoms with Gasteiger partial charge in [-0.15, -0.1) is 0 Å². The maximum atomic E-state index is 12.2. The molecule has 1 aliphatic heterocycles. The van der Waals surface area contributed by atoms with E-state index in [2.05, 4.69) is 41.3 Å². The zero-order valence-electron chi connectivity index (χ0n) is 14.3. The molecule has 0 unspecified atom stereocenters. The van der Waals surface area contributed by atoms with Crippen LogP contribution in [0.15, 0.2) is 24.3 Å². The summed E-state index contributed by atoms with van der Waals surface area (Å²) in [5, 5.41) is 5.60. The third-order valence-corrected chi connectivity index (χ3v) is 4.25. The molecular formula is C17H26N4O2. The van der Waals surface area contributed by atoms with E-state index in [-0.39, 0.29) is 17.4 Å². The zero-order chi connectivity index (χ0) is 17.0. The van der Waals surface area contributed by atoms with Gasteiger partial charge in [-0.2, -0.15) is 0 Å². The molecule has 1 fully saturated rings. The fourth-order valence-corrected chi connectivity index (χ4v) is 2.72. The fraction of sp³-hybridized carbons (Fsp3) is 0.529. The molecule has 6 nitrogen and oxygen atoms in total. The number of rotatable bonds is 4. The molecule has 0 saturated carbocycles. The SMILES string of the molecule is CC(=O)Nc1ccc(NC(=O)CN2CCN(C)C(C)(C)C2)cc1. The molecule has 23 heavy (non-hydrogen) atoms. The lowest BCUT2D eigenvalue weighted by molar-refractivity contribution is -0.118. The zero-order valence-corrected chi connectivity index (χ0v) is 14.3. The van der Waals surface area contributed by atoms with Gasteiger partial charge in [-0.1, -0.05) is 0 Å². The van der Waals surface area contributed by atoms with Gasteiger partial charge < -0.3 is 10.6 Å². The van der Waals surface area contributed by atoms with Gasteiger partial charge >= 0.3 is 0 Å². The Morgan fingerprint density at radius 3 is 2.17 bits per heavy atom. The van der Waals surface area contributed by atoms with Crippen molar-refractivity contribution >= 4 is 23.2 Å². The minimum Gasteiger partial charge on any atom is -0.326 e. The van der Waals surface area contributed by atoms with Crippen molar-refractivity contribution in [1.29, 1.82) is 0 Å². The van der Waals surface area contributed by atoms with Crippen LogP contribution in [0, 0.1) is 0 Å². The summed E-state index contributed by atoms with van der Waals surface area (Å²) in [5.74, 6) is -0.128. The molecule has 2 N–H and O–H groups in total. The maximum absolute atomic E-state index is 12.2. The van der Waals surface area contributed by atoms with Gasteiger partial charge in [0.2, 0.25) is 11.8 Å². The Bertz CT molecular complexity index is 568. The third-order valence-electron chi connectivity index (χ3n) is 4.25. The van der Waals surface area contributed by atoms with E-state index in [0.717, 1.165) is 31.0 Å². The Morgan fingerprint density at radius 2 is 1.65 bits per heavy atom. The van der Waals surface area contributed by atoms with Crippen molar-refractivity contribution in [3.63, 3.8) is 0 Å². The second-order valence-electron chi connectivity index (χ2n) is 6.75. The highest BCUT2D eigenvalue weighted by Gasteiger charge is 2.31. The third kappa shape index (κ3) is 5.04. The molecule has 0 bridgehead atoms. The van der Waals surface area contributed by atoms with E-state index in [9.17, 15) is 9.59 Å². The first-order valence-corrected chi connectivity index (χ1v) is 7.87. The van der Waals surface area contributed by atoms with E-state index in [1.165, 1.54) is 6.92 Å². The Balaban J connectivity index is 1.86. The highest BCUT2D eigenvalue weighted by atomic mass is 16.2. The summed E-state index contributed by atoms with van der Waals surface area (Å²) in [6, 6.07) is 7.13. The van der Waals surface area contributed by atoms with Crippen LogP contribution < -0.4 is 10.6 Å². The van der Waals surface area contributed by atoms with Gasteiger partial charge in [0.05, 0.1) is 6.54 Å². The van der Waals surface area contributed by atoms with Crippen LogP contribution in [-0.2, 0) is 9.59 Å². The molecule has 0 aromatic heterocycles. The van der Waals surface area contributed by atoms with E-state index in [1.54, 1.807) is 24.3 Å². The number of carbonyl (C=O) groups is 2. The number of hydrogen-bond donors (Lipinski definition) is 2. The lowest BCUT2D eigenvalue weighted by Crippen LogP contribution is -2.58. The van der Waals surface area contributed by atoms with Gasteiger partial charge in [0.25, 0.3) is 0 Å². The number of likely N-dealkylation sites (N-methyl/N-ethyl adjacent to an activating group) is 1. The monoisotopic (exact) mass is 318 g/mol. The predicted octanol–water partition coefficient (Wildman–Crippen LogP) is 1.61. The molecule has 126 valence electrons. The quantitative estimate of drug-likeness (QED) is 0.885. The first-order chi connectivity index (χ1) is 10.8. The van der Waals surface area contributed by atoms with E-state index in [1.807, 2.05) is 0 Å². The van der Waals surface area contributed by atoms with Crippen molar-refractivity contribution in [3.05, 3.63) is 24.3 Å². The highest BCUT2D eigenvalue weighted by Crippen LogP contribution is 2.19. The van der Waals surface area contributed by atoms with Crippen molar-refractivity contribution in [2.75, 3.05) is 43.9 Å². The smallest absolute Gasteiger partial charge is 0.238 e. The van der Waals surface area contributed by atoms with E-state index in [4.69, 9.17) is 0 Å². The minimum absolute atomic E-state index is 0.0161. The normalized spacial score (nSPS) is 18.4. The summed E-state index contributed by atoms with van der Waals surface area (Å²) in [4.78, 5) is 27.7. The van der Waals surface area contributed by atoms with Gasteiger partial charge in [0.1, 0.15) is 0 Å². The summed E-state index contributed by atoms with van der Waals surface area (Å²) < 4.78 is 0. The Labute approximate surface area is 137 Å². The van der Waals surface area contributed by atoms with Crippen LogP contribution in [0.25, 0.3) is 0 Å². The van der Waals surface area contributed by atoms with E-state index in [0.29, 0.717) is 6.54 Å². The number of carbonyl (C=O) groups excluding carboxylic acids is 2. The topological polar surface area (TPSA) is 64.7 Å². The molecule has 1 aromatic carbocycles. The second-order valence-corrected chi connectivity index (χ2v) is 6.75. The van der Waals surface area contributed by atoms with Crippen LogP contribution in [0.4, 0.5) is 11.4 Å². The maximum Gasteiger partial charge on any atom is 0.238 e. The highest BCUT2D eigenvalue weighted by molar-refractivity contribution is 5.93. The number of piperazine rings is 1. The molecule has 0 aliphatic carbocycles. The number of anilines is 2. The molecular weight excluding hydrogens is 292 g/mol. The minimum atomic E-state index is -0.112. The van der Waals surface area contributed by atoms with Crippen molar-refractivity contribution in [3.8, 4) is 0 Å². The number of nitrogens with one attached hydrogen (secondary N) is 2. The van der Waals surface area contributed by atoms with Gasteiger partial charge in [0, 0.05) is 43.5 Å². The van der Waals surface area contributed by atoms with Crippen molar-refractivity contribution in [1.82, 2.24) is 9.80 Å². The molecule has 1 heterocycles. The lowest BCUT2D eigenvalue weighted by Gasteiger charge is -2.45. The van der Waals surface area contributed by atoms with Crippen molar-refractivity contribution in [2.45, 2.75) is 26.3 Å². The van der Waals surface area contributed by atoms with Crippen LogP contribution in [0.3, 0.4) is 0 Å². The predicted molar refractivity (Wildman–Crippen MR) is 92.5 cm³/mol. The molecule has 6 heteroatoms.